The van der Waals surface area contributed by atoms with Gasteiger partial charge in [0.25, 0.3) is 0 Å². The predicted octanol–water partition coefficient (Wildman–Crippen LogP) is 5.28. The summed E-state index contributed by atoms with van der Waals surface area (Å²) < 4.78 is 0. The van der Waals surface area contributed by atoms with Crippen molar-refractivity contribution in [3.05, 3.63) is 0 Å². The Bertz CT molecular complexity index is 146. The van der Waals surface area contributed by atoms with Gasteiger partial charge in [-0.15, -0.1) is 0 Å². The lowest BCUT2D eigenvalue weighted by Crippen LogP contribution is -2.08. The van der Waals surface area contributed by atoms with Crippen molar-refractivity contribution in [2.75, 3.05) is 7.05 Å². The summed E-state index contributed by atoms with van der Waals surface area (Å²) >= 11 is 0. The number of nitrogens with two attached hydrogens (primary N) is 1. The molecule has 0 bridgehead atoms. The fourth-order valence-electron chi connectivity index (χ4n) is 3.82. The highest BCUT2D eigenvalue weighted by atomic mass is 14.4. The van der Waals surface area contributed by atoms with E-state index in [1.807, 2.05) is 0 Å². The first kappa shape index (κ1) is 16.0. The van der Waals surface area contributed by atoms with Crippen molar-refractivity contribution < 1.29 is 0 Å². The SMILES string of the molecule is C1CCC(CCCCC2CCCCC2)CC1.CN. The van der Waals surface area contributed by atoms with E-state index in [9.17, 15) is 0 Å². The zero-order valence-electron chi connectivity index (χ0n) is 12.6. The first-order chi connectivity index (χ1) is 8.95. The Morgan fingerprint density at radius 3 is 1.28 bits per heavy atom. The van der Waals surface area contributed by atoms with Gasteiger partial charge >= 0.3 is 0 Å². The summed E-state index contributed by atoms with van der Waals surface area (Å²) in [6.07, 6.45) is 21.4. The molecular weight excluding hydrogens is 218 g/mol. The molecule has 0 aromatic heterocycles. The van der Waals surface area contributed by atoms with Gasteiger partial charge in [-0.2, -0.15) is 0 Å². The molecule has 18 heavy (non-hydrogen) atoms. The molecule has 0 saturated heterocycles. The van der Waals surface area contributed by atoms with Crippen molar-refractivity contribution in [1.82, 2.24) is 0 Å². The van der Waals surface area contributed by atoms with E-state index in [1.54, 1.807) is 38.5 Å². The third-order valence-electron chi connectivity index (χ3n) is 4.92. The summed E-state index contributed by atoms with van der Waals surface area (Å²) in [6.45, 7) is 0. The number of unbranched alkanes of at least 4 members (excludes halogenated alkanes) is 1. The molecule has 0 aromatic rings. The molecular formula is C17H35N. The standard InChI is InChI=1S/C16H30.CH5N/c1-3-9-15(10-4-1)13-7-8-14-16-11-5-2-6-12-16;1-2/h15-16H,1-14H2;2H2,1H3. The molecule has 1 nitrogen and oxygen atoms in total. The second-order valence-electron chi connectivity index (χ2n) is 6.29. The zero-order chi connectivity index (χ0) is 13.1. The van der Waals surface area contributed by atoms with Gasteiger partial charge in [-0.1, -0.05) is 89.9 Å². The van der Waals surface area contributed by atoms with Crippen LogP contribution in [-0.2, 0) is 0 Å². The van der Waals surface area contributed by atoms with Gasteiger partial charge in [-0.3, -0.25) is 0 Å². The van der Waals surface area contributed by atoms with Gasteiger partial charge in [0.15, 0.2) is 0 Å². The fraction of sp³-hybridized carbons (Fsp3) is 1.00. The smallest absolute Gasteiger partial charge is 0.0195 e. The molecule has 0 radical (unpaired) electrons. The first-order valence-corrected chi connectivity index (χ1v) is 8.53. The third kappa shape index (κ3) is 6.78. The lowest BCUT2D eigenvalue weighted by atomic mass is 9.83. The van der Waals surface area contributed by atoms with E-state index >= 15 is 0 Å². The van der Waals surface area contributed by atoms with Crippen LogP contribution in [0.3, 0.4) is 0 Å². The van der Waals surface area contributed by atoms with Crippen LogP contribution in [0, 0.1) is 11.8 Å². The fourth-order valence-corrected chi connectivity index (χ4v) is 3.82. The van der Waals surface area contributed by atoms with Gasteiger partial charge in [0.05, 0.1) is 0 Å². The van der Waals surface area contributed by atoms with Crippen LogP contribution in [-0.4, -0.2) is 7.05 Å². The summed E-state index contributed by atoms with van der Waals surface area (Å²) in [5.41, 5.74) is 4.50. The molecule has 2 aliphatic rings. The van der Waals surface area contributed by atoms with E-state index in [0.717, 1.165) is 11.8 Å². The van der Waals surface area contributed by atoms with E-state index in [1.165, 1.54) is 58.4 Å². The van der Waals surface area contributed by atoms with E-state index < -0.39 is 0 Å². The molecule has 2 rings (SSSR count). The summed E-state index contributed by atoms with van der Waals surface area (Å²) in [4.78, 5) is 0. The van der Waals surface area contributed by atoms with E-state index in [-0.39, 0.29) is 0 Å². The highest BCUT2D eigenvalue weighted by molar-refractivity contribution is 4.68. The Kier molecular flexibility index (Phi) is 9.65. The summed E-state index contributed by atoms with van der Waals surface area (Å²) in [5.74, 6) is 2.22. The molecule has 0 unspecified atom stereocenters. The predicted molar refractivity (Wildman–Crippen MR) is 81.7 cm³/mol. The van der Waals surface area contributed by atoms with E-state index in [0.29, 0.717) is 0 Å². The molecule has 1 heteroatoms. The van der Waals surface area contributed by atoms with Crippen LogP contribution in [0.15, 0.2) is 0 Å². The van der Waals surface area contributed by atoms with Crippen LogP contribution >= 0.6 is 0 Å². The Labute approximate surface area is 115 Å². The summed E-state index contributed by atoms with van der Waals surface area (Å²) in [6, 6.07) is 0. The quantitative estimate of drug-likeness (QED) is 0.663. The molecule has 108 valence electrons. The van der Waals surface area contributed by atoms with E-state index in [2.05, 4.69) is 5.73 Å². The molecule has 0 aliphatic heterocycles. The zero-order valence-corrected chi connectivity index (χ0v) is 12.6. The second kappa shape index (κ2) is 10.8. The average molecular weight is 253 g/mol. The number of hydrogen-bond acceptors (Lipinski definition) is 1. The largest absolute Gasteiger partial charge is 0.333 e. The monoisotopic (exact) mass is 253 g/mol. The van der Waals surface area contributed by atoms with Crippen LogP contribution in [0.1, 0.15) is 89.9 Å². The highest BCUT2D eigenvalue weighted by Gasteiger charge is 2.15. The van der Waals surface area contributed by atoms with Gasteiger partial charge < -0.3 is 5.73 Å². The molecule has 0 heterocycles. The maximum Gasteiger partial charge on any atom is -0.0195 e. The lowest BCUT2D eigenvalue weighted by molar-refractivity contribution is 0.303. The molecule has 2 saturated carbocycles. The van der Waals surface area contributed by atoms with Crippen LogP contribution in [0.5, 0.6) is 0 Å². The molecule has 0 atom stereocenters. The van der Waals surface area contributed by atoms with Crippen LogP contribution in [0.4, 0.5) is 0 Å². The van der Waals surface area contributed by atoms with Crippen LogP contribution in [0.2, 0.25) is 0 Å². The Balaban J connectivity index is 0.000000771. The van der Waals surface area contributed by atoms with E-state index in [4.69, 9.17) is 0 Å². The Morgan fingerprint density at radius 2 is 0.944 bits per heavy atom. The average Bonchev–Trinajstić information content (AvgIpc) is 2.48. The minimum absolute atomic E-state index is 1.11. The van der Waals surface area contributed by atoms with Gasteiger partial charge in [0.2, 0.25) is 0 Å². The van der Waals surface area contributed by atoms with Crippen molar-refractivity contribution in [2.24, 2.45) is 17.6 Å². The van der Waals surface area contributed by atoms with Crippen molar-refractivity contribution in [3.63, 3.8) is 0 Å². The summed E-state index contributed by atoms with van der Waals surface area (Å²) in [7, 11) is 1.50. The van der Waals surface area contributed by atoms with Crippen molar-refractivity contribution in [1.29, 1.82) is 0 Å². The minimum Gasteiger partial charge on any atom is -0.333 e. The number of rotatable bonds is 5. The van der Waals surface area contributed by atoms with Crippen molar-refractivity contribution in [2.45, 2.75) is 89.9 Å². The van der Waals surface area contributed by atoms with Crippen LogP contribution < -0.4 is 5.73 Å². The first-order valence-electron chi connectivity index (χ1n) is 8.53. The second-order valence-corrected chi connectivity index (χ2v) is 6.29. The van der Waals surface area contributed by atoms with Crippen LogP contribution in [0.25, 0.3) is 0 Å². The molecule has 0 amide bonds. The van der Waals surface area contributed by atoms with Gasteiger partial charge in [-0.25, -0.2) is 0 Å². The van der Waals surface area contributed by atoms with Gasteiger partial charge in [0.1, 0.15) is 0 Å². The molecule has 2 aliphatic carbocycles. The number of hydrogen-bond donors (Lipinski definition) is 1. The minimum atomic E-state index is 1.11. The molecule has 2 fully saturated rings. The summed E-state index contributed by atoms with van der Waals surface area (Å²) in [5, 5.41) is 0. The Morgan fingerprint density at radius 1 is 0.611 bits per heavy atom. The van der Waals surface area contributed by atoms with Crippen molar-refractivity contribution >= 4 is 0 Å². The highest BCUT2D eigenvalue weighted by Crippen LogP contribution is 2.30. The molecule has 0 aromatic carbocycles. The molecule has 2 N–H and O–H groups in total. The normalized spacial score (nSPS) is 22.3. The third-order valence-corrected chi connectivity index (χ3v) is 4.92. The Hall–Kier alpha value is -0.0400. The topological polar surface area (TPSA) is 26.0 Å². The van der Waals surface area contributed by atoms with Crippen molar-refractivity contribution in [3.8, 4) is 0 Å². The van der Waals surface area contributed by atoms with Gasteiger partial charge in [0, 0.05) is 0 Å². The van der Waals surface area contributed by atoms with Gasteiger partial charge in [-0.05, 0) is 18.9 Å². The molecule has 0 spiro atoms. The lowest BCUT2D eigenvalue weighted by Gasteiger charge is -2.23. The maximum absolute atomic E-state index is 4.50. The maximum atomic E-state index is 4.50.